The molecule has 2 aromatic rings. The van der Waals surface area contributed by atoms with Crippen molar-refractivity contribution >= 4 is 35.1 Å². The fourth-order valence-electron chi connectivity index (χ4n) is 6.65. The van der Waals surface area contributed by atoms with Crippen LogP contribution < -0.4 is 63.6 Å². The molecule has 0 fully saturated rings. The van der Waals surface area contributed by atoms with E-state index in [2.05, 4.69) is 25.9 Å². The van der Waals surface area contributed by atoms with E-state index in [0.717, 1.165) is 36.3 Å². The van der Waals surface area contributed by atoms with Gasteiger partial charge in [0.25, 0.3) is 0 Å². The molecule has 0 saturated heterocycles. The summed E-state index contributed by atoms with van der Waals surface area (Å²) in [5, 5.41) is 7.77. The highest BCUT2D eigenvalue weighted by atomic mass is 19.4. The van der Waals surface area contributed by atoms with Crippen molar-refractivity contribution in [1.82, 2.24) is 5.32 Å². The van der Waals surface area contributed by atoms with Crippen LogP contribution in [0.3, 0.4) is 0 Å². The number of amides is 3. The van der Waals surface area contributed by atoms with Gasteiger partial charge in [0.1, 0.15) is 23.0 Å². The zero-order valence-corrected chi connectivity index (χ0v) is 39.6. The number of anilines is 2. The van der Waals surface area contributed by atoms with Crippen molar-refractivity contribution in [3.05, 3.63) is 58.8 Å². The zero-order valence-electron chi connectivity index (χ0n) is 39.6. The number of hydrogen-bond acceptors (Lipinski definition) is 10. The molecule has 0 saturated carbocycles. The quantitative estimate of drug-likeness (QED) is 0.0154. The predicted molar refractivity (Wildman–Crippen MR) is 257 cm³/mol. The number of hydrogen-bond donors (Lipinski definition) is 8. The van der Waals surface area contributed by atoms with Crippen LogP contribution in [0, 0.1) is 5.92 Å². The summed E-state index contributed by atoms with van der Waals surface area (Å²) in [5.41, 5.74) is 26.6. The molecule has 1 unspecified atom stereocenters. The molecule has 69 heavy (non-hydrogen) atoms. The summed E-state index contributed by atoms with van der Waals surface area (Å²) in [6.45, 7) is 5.69. The Morgan fingerprint density at radius 2 is 1.13 bits per heavy atom. The number of carbonyl (C=O) groups excluding carboxylic acids is 2. The number of nitrogens with zero attached hydrogens (tertiary/aromatic N) is 2. The monoisotopic (exact) mass is 985 g/mol. The number of benzene rings is 2. The number of unbranched alkanes of at least 4 members (excludes halogenated alkanes) is 4. The van der Waals surface area contributed by atoms with Crippen LogP contribution >= 0.6 is 0 Å². The fourth-order valence-corrected chi connectivity index (χ4v) is 6.65. The lowest BCUT2D eigenvalue weighted by Gasteiger charge is -2.20. The number of urea groups is 1. The summed E-state index contributed by atoms with van der Waals surface area (Å²) < 4.78 is 108. The Hall–Kier alpha value is -5.90. The number of ether oxygens (including phenoxy) is 4. The Kier molecular flexibility index (Phi) is 24.9. The minimum absolute atomic E-state index is 0.00500. The van der Waals surface area contributed by atoms with E-state index in [4.69, 9.17) is 47.6 Å². The van der Waals surface area contributed by atoms with Gasteiger partial charge in [-0.05, 0) is 115 Å². The van der Waals surface area contributed by atoms with Gasteiger partial charge in [0, 0.05) is 43.3 Å². The summed E-state index contributed by atoms with van der Waals surface area (Å²) in [6, 6.07) is 3.04. The lowest BCUT2D eigenvalue weighted by molar-refractivity contribution is -0.139. The Morgan fingerprint density at radius 1 is 0.638 bits per heavy atom. The number of guanidine groups is 1. The molecule has 0 spiro atoms. The van der Waals surface area contributed by atoms with Crippen LogP contribution in [-0.4, -0.2) is 76.3 Å². The Morgan fingerprint density at radius 3 is 1.59 bits per heavy atom. The first-order valence-corrected chi connectivity index (χ1v) is 23.4. The van der Waals surface area contributed by atoms with Gasteiger partial charge in [0.2, 0.25) is 5.91 Å². The Bertz CT molecular complexity index is 2060. The van der Waals surface area contributed by atoms with E-state index in [1.54, 1.807) is 12.2 Å². The number of alkyl halides is 6. The molecular formula is C47H70F6N10O6. The first kappa shape index (κ1) is 57.4. The highest BCUT2D eigenvalue weighted by Crippen LogP contribution is 2.44. The molecular weight excluding hydrogens is 915 g/mol. The molecule has 16 nitrogen and oxygen atoms in total. The van der Waals surface area contributed by atoms with Crippen molar-refractivity contribution in [2.75, 3.05) is 63.2 Å². The zero-order chi connectivity index (χ0) is 50.8. The topological polar surface area (TPSA) is 262 Å². The van der Waals surface area contributed by atoms with E-state index in [0.29, 0.717) is 115 Å². The van der Waals surface area contributed by atoms with Crippen LogP contribution in [0.25, 0.3) is 0 Å². The first-order chi connectivity index (χ1) is 32.9. The second-order valence-electron chi connectivity index (χ2n) is 16.4. The van der Waals surface area contributed by atoms with Crippen LogP contribution in [0.1, 0.15) is 115 Å². The van der Waals surface area contributed by atoms with Crippen LogP contribution in [0.4, 0.5) is 42.5 Å². The molecule has 13 N–H and O–H groups in total. The number of nitrogens with one attached hydrogen (secondary N) is 3. The second-order valence-corrected chi connectivity index (χ2v) is 16.4. The molecule has 3 amide bonds. The number of halogens is 6. The molecule has 0 aromatic heterocycles. The summed E-state index contributed by atoms with van der Waals surface area (Å²) in [5.74, 6) is -0.817. The van der Waals surface area contributed by atoms with Crippen molar-refractivity contribution < 1.29 is 54.9 Å². The lowest BCUT2D eigenvalue weighted by Crippen LogP contribution is -2.29. The normalized spacial score (nSPS) is 13.4. The van der Waals surface area contributed by atoms with E-state index in [-0.39, 0.29) is 67.6 Å². The third-order valence-corrected chi connectivity index (χ3v) is 10.7. The highest BCUT2D eigenvalue weighted by Gasteiger charge is 2.37. The number of nitrogens with two attached hydrogens (primary N) is 5. The third kappa shape index (κ3) is 21.5. The molecule has 1 aliphatic carbocycles. The average molecular weight is 985 g/mol. The average Bonchev–Trinajstić information content (AvgIpc) is 3.29. The smallest absolute Gasteiger partial charge is 0.420 e. The van der Waals surface area contributed by atoms with Gasteiger partial charge in [0.15, 0.2) is 5.96 Å². The van der Waals surface area contributed by atoms with E-state index in [1.807, 2.05) is 13.8 Å². The lowest BCUT2D eigenvalue weighted by atomic mass is 9.97. The first-order valence-electron chi connectivity index (χ1n) is 23.4. The minimum atomic E-state index is -4.81. The largest absolute Gasteiger partial charge is 0.493 e. The molecule has 0 aliphatic heterocycles. The maximum Gasteiger partial charge on any atom is 0.420 e. The van der Waals surface area contributed by atoms with E-state index < -0.39 is 46.9 Å². The van der Waals surface area contributed by atoms with Gasteiger partial charge in [-0.15, -0.1) is 0 Å². The van der Waals surface area contributed by atoms with Gasteiger partial charge in [-0.3, -0.25) is 14.8 Å². The number of rotatable bonds is 31. The molecule has 0 bridgehead atoms. The molecule has 0 heterocycles. The summed E-state index contributed by atoms with van der Waals surface area (Å²) in [4.78, 5) is 34.6. The predicted octanol–water partition coefficient (Wildman–Crippen LogP) is 8.49. The number of allylic oxidation sites excluding steroid dienone is 4. The molecule has 22 heteroatoms. The summed E-state index contributed by atoms with van der Waals surface area (Å²) in [6.07, 6.45) is 0.433. The summed E-state index contributed by atoms with van der Waals surface area (Å²) >= 11 is 0. The van der Waals surface area contributed by atoms with Crippen molar-refractivity contribution in [3.8, 4) is 23.0 Å². The second kappa shape index (κ2) is 29.9. The third-order valence-electron chi connectivity index (χ3n) is 10.7. The van der Waals surface area contributed by atoms with Crippen molar-refractivity contribution in [1.29, 1.82) is 0 Å². The fraction of sp³-hybridized carbons (Fsp3) is 0.574. The SMILES string of the molecule is CCC(C)C(N)=NCCCCOc1cc(OCCCCN)c(C(F)(F)F)cc1NC(=O)NC1=CC=C(CCCC(=O)Nc2cc(C(F)(F)F)c(OCCCCN=C(N)N)cc2OCCCCN)CC1. The van der Waals surface area contributed by atoms with Gasteiger partial charge in [-0.2, -0.15) is 26.3 Å². The Balaban J connectivity index is 1.67. The van der Waals surface area contributed by atoms with Crippen molar-refractivity contribution in [3.63, 3.8) is 0 Å². The molecule has 0 radical (unpaired) electrons. The standard InChI is InChI=1S/C47H70F6N10O6/c1-3-31(2)43(56)59-21-6-10-26-69-41-30-39(66-23-8-4-19-54)35(47(51,52)53)28-37(41)63-45(65)61-33-17-15-32(16-18-33)13-12-14-42(64)62-36-27-34(46(48,49)50)38(29-40(36)68-24-9-5-20-55)67-25-11-7-22-60-44(57)58/h15,17,27-31H,3-14,16,18-26,54-55H2,1-2H3,(H2,56,59)(H,62,64)(H4,57,58,60)(H2,61,63,65). The van der Waals surface area contributed by atoms with Crippen molar-refractivity contribution in [2.45, 2.75) is 116 Å². The minimum Gasteiger partial charge on any atom is -0.493 e. The van der Waals surface area contributed by atoms with Crippen LogP contribution in [0.15, 0.2) is 57.7 Å². The number of aliphatic imine (C=N–C) groups is 2. The molecule has 1 aliphatic rings. The van der Waals surface area contributed by atoms with Gasteiger partial charge in [-0.1, -0.05) is 25.5 Å². The van der Waals surface area contributed by atoms with E-state index in [9.17, 15) is 35.9 Å². The maximum atomic E-state index is 14.3. The molecule has 1 atom stereocenters. The van der Waals surface area contributed by atoms with Gasteiger partial charge >= 0.3 is 18.4 Å². The van der Waals surface area contributed by atoms with Crippen molar-refractivity contribution in [2.24, 2.45) is 44.6 Å². The number of carbonyl (C=O) groups is 2. The summed E-state index contributed by atoms with van der Waals surface area (Å²) in [7, 11) is 0. The van der Waals surface area contributed by atoms with Crippen LogP contribution in [0.2, 0.25) is 0 Å². The maximum absolute atomic E-state index is 14.3. The van der Waals surface area contributed by atoms with E-state index in [1.165, 1.54) is 0 Å². The molecule has 2 aromatic carbocycles. The molecule has 3 rings (SSSR count). The van der Waals surface area contributed by atoms with Gasteiger partial charge < -0.3 is 63.6 Å². The highest BCUT2D eigenvalue weighted by molar-refractivity contribution is 5.93. The van der Waals surface area contributed by atoms with Crippen LogP contribution in [-0.2, 0) is 17.1 Å². The number of amidine groups is 1. The van der Waals surface area contributed by atoms with E-state index >= 15 is 0 Å². The van der Waals surface area contributed by atoms with Gasteiger partial charge in [-0.25, -0.2) is 4.79 Å². The van der Waals surface area contributed by atoms with Crippen LogP contribution in [0.5, 0.6) is 23.0 Å². The molecule has 386 valence electrons. The Labute approximate surface area is 400 Å². The van der Waals surface area contributed by atoms with Gasteiger partial charge in [0.05, 0.1) is 54.8 Å².